The minimum atomic E-state index is 0.0897. The van der Waals surface area contributed by atoms with Crippen molar-refractivity contribution in [2.45, 2.75) is 59.3 Å². The maximum atomic E-state index is 11.2. The average molecular weight is 335 g/mol. The van der Waals surface area contributed by atoms with Gasteiger partial charge in [0.25, 0.3) is 0 Å². The van der Waals surface area contributed by atoms with E-state index in [9.17, 15) is 4.79 Å². The van der Waals surface area contributed by atoms with E-state index in [-0.39, 0.29) is 5.78 Å². The molecule has 25 heavy (non-hydrogen) atoms. The topological polar surface area (TPSA) is 17.1 Å². The van der Waals surface area contributed by atoms with Crippen LogP contribution >= 0.6 is 0 Å². The van der Waals surface area contributed by atoms with Gasteiger partial charge < -0.3 is 0 Å². The number of unbranched alkanes of at least 4 members (excludes halogenated alkanes) is 4. The van der Waals surface area contributed by atoms with E-state index in [1.807, 2.05) is 6.92 Å². The number of aryl methyl sites for hydroxylation is 1. The first-order chi connectivity index (χ1) is 12.1. The van der Waals surface area contributed by atoms with Crippen LogP contribution in [0.2, 0.25) is 0 Å². The van der Waals surface area contributed by atoms with Gasteiger partial charge in [-0.15, -0.1) is 0 Å². The fraction of sp³-hybridized carbons (Fsp3) is 0.375. The molecule has 1 nitrogen and oxygen atoms in total. The molecule has 0 saturated carbocycles. The Balaban J connectivity index is 1.96. The number of allylic oxidation sites excluding steroid dienone is 2. The number of ketones is 1. The molecule has 0 N–H and O–H groups in total. The van der Waals surface area contributed by atoms with Gasteiger partial charge in [-0.3, -0.25) is 4.79 Å². The molecule has 0 aliphatic rings. The van der Waals surface area contributed by atoms with Gasteiger partial charge in [-0.2, -0.15) is 0 Å². The summed E-state index contributed by atoms with van der Waals surface area (Å²) in [6.45, 7) is 5.82. The molecule has 0 bridgehead atoms. The lowest BCUT2D eigenvalue weighted by Gasteiger charge is -2.07. The van der Waals surface area contributed by atoms with E-state index in [1.165, 1.54) is 55.2 Å². The largest absolute Gasteiger partial charge is 0.295 e. The van der Waals surface area contributed by atoms with Crippen molar-refractivity contribution in [1.82, 2.24) is 0 Å². The summed E-state index contributed by atoms with van der Waals surface area (Å²) in [4.78, 5) is 11.2. The lowest BCUT2D eigenvalue weighted by atomic mass is 9.98. The summed E-state index contributed by atoms with van der Waals surface area (Å²) in [6, 6.07) is 17.4. The zero-order chi connectivity index (χ0) is 18.1. The Kier molecular flexibility index (Phi) is 7.66. The Morgan fingerprint density at radius 2 is 1.36 bits per heavy atom. The Bertz CT molecular complexity index is 690. The SMILES string of the molecule is CCCCCCCc1ccc(-c2ccc(C(C)=CC(C)=O)cc2)cc1. The molecule has 0 aliphatic carbocycles. The zero-order valence-corrected chi connectivity index (χ0v) is 15.8. The van der Waals surface area contributed by atoms with Crippen molar-refractivity contribution in [3.8, 4) is 11.1 Å². The molecule has 0 saturated heterocycles. The molecule has 0 radical (unpaired) electrons. The third-order valence-electron chi connectivity index (χ3n) is 4.62. The fourth-order valence-corrected chi connectivity index (χ4v) is 3.11. The molecule has 0 amide bonds. The first-order valence-electron chi connectivity index (χ1n) is 9.48. The van der Waals surface area contributed by atoms with E-state index in [2.05, 4.69) is 55.5 Å². The number of carbonyl (C=O) groups is 1. The quantitative estimate of drug-likeness (QED) is 0.361. The monoisotopic (exact) mass is 334 g/mol. The Labute approximate surface area is 152 Å². The van der Waals surface area contributed by atoms with Crippen molar-refractivity contribution in [3.63, 3.8) is 0 Å². The van der Waals surface area contributed by atoms with E-state index in [1.54, 1.807) is 13.0 Å². The highest BCUT2D eigenvalue weighted by Gasteiger charge is 2.01. The molecular formula is C24H30O. The zero-order valence-electron chi connectivity index (χ0n) is 15.8. The average Bonchev–Trinajstić information content (AvgIpc) is 2.62. The van der Waals surface area contributed by atoms with Crippen molar-refractivity contribution in [2.75, 3.05) is 0 Å². The minimum absolute atomic E-state index is 0.0897. The van der Waals surface area contributed by atoms with Gasteiger partial charge in [0.1, 0.15) is 0 Å². The summed E-state index contributed by atoms with van der Waals surface area (Å²) in [7, 11) is 0. The number of benzene rings is 2. The van der Waals surface area contributed by atoms with Crippen molar-refractivity contribution < 1.29 is 4.79 Å². The molecule has 2 aromatic rings. The van der Waals surface area contributed by atoms with E-state index >= 15 is 0 Å². The first-order valence-corrected chi connectivity index (χ1v) is 9.48. The van der Waals surface area contributed by atoms with Crippen molar-refractivity contribution in [2.24, 2.45) is 0 Å². The molecule has 0 atom stereocenters. The summed E-state index contributed by atoms with van der Waals surface area (Å²) in [6.07, 6.45) is 9.51. The van der Waals surface area contributed by atoms with Crippen molar-refractivity contribution in [3.05, 3.63) is 65.7 Å². The third kappa shape index (κ3) is 6.34. The van der Waals surface area contributed by atoms with E-state index < -0.39 is 0 Å². The number of carbonyl (C=O) groups excluding carboxylic acids is 1. The number of rotatable bonds is 9. The summed E-state index contributed by atoms with van der Waals surface area (Å²) in [5.41, 5.74) is 6.00. The highest BCUT2D eigenvalue weighted by Crippen LogP contribution is 2.23. The Morgan fingerprint density at radius 3 is 1.92 bits per heavy atom. The Morgan fingerprint density at radius 1 is 0.800 bits per heavy atom. The van der Waals surface area contributed by atoms with Gasteiger partial charge in [0.05, 0.1) is 0 Å². The second-order valence-electron chi connectivity index (χ2n) is 6.88. The highest BCUT2D eigenvalue weighted by atomic mass is 16.1. The second kappa shape index (κ2) is 9.98. The van der Waals surface area contributed by atoms with Gasteiger partial charge in [0.2, 0.25) is 0 Å². The van der Waals surface area contributed by atoms with Crippen LogP contribution in [0.15, 0.2) is 54.6 Å². The van der Waals surface area contributed by atoms with Gasteiger partial charge in [0, 0.05) is 0 Å². The first kappa shape index (κ1) is 19.2. The maximum absolute atomic E-state index is 11.2. The predicted octanol–water partition coefficient (Wildman–Crippen LogP) is 6.86. The molecule has 0 unspecified atom stereocenters. The summed E-state index contributed by atoms with van der Waals surface area (Å²) in [5, 5.41) is 0. The molecule has 2 rings (SSSR count). The van der Waals surface area contributed by atoms with Crippen LogP contribution < -0.4 is 0 Å². The molecule has 1 heteroatoms. The van der Waals surface area contributed by atoms with Gasteiger partial charge in [-0.25, -0.2) is 0 Å². The minimum Gasteiger partial charge on any atom is -0.295 e. The lowest BCUT2D eigenvalue weighted by Crippen LogP contribution is -1.88. The lowest BCUT2D eigenvalue weighted by molar-refractivity contribution is -0.112. The predicted molar refractivity (Wildman–Crippen MR) is 109 cm³/mol. The van der Waals surface area contributed by atoms with E-state index in [0.29, 0.717) is 0 Å². The third-order valence-corrected chi connectivity index (χ3v) is 4.62. The maximum Gasteiger partial charge on any atom is 0.152 e. The molecule has 0 spiro atoms. The summed E-state index contributed by atoms with van der Waals surface area (Å²) < 4.78 is 0. The molecule has 0 aromatic heterocycles. The van der Waals surface area contributed by atoms with Crippen molar-refractivity contribution in [1.29, 1.82) is 0 Å². The van der Waals surface area contributed by atoms with Gasteiger partial charge in [-0.05, 0) is 60.6 Å². The molecular weight excluding hydrogens is 304 g/mol. The molecule has 0 aliphatic heterocycles. The van der Waals surface area contributed by atoms with Crippen LogP contribution in [-0.4, -0.2) is 5.78 Å². The van der Waals surface area contributed by atoms with Crippen LogP contribution in [0.3, 0.4) is 0 Å². The standard InChI is InChI=1S/C24H30O/c1-4-5-6-7-8-9-21-10-12-23(13-11-21)24-16-14-22(15-17-24)19(2)18-20(3)25/h10-18H,4-9H2,1-3H3. The van der Waals surface area contributed by atoms with Crippen LogP contribution in [-0.2, 0) is 11.2 Å². The molecule has 2 aromatic carbocycles. The van der Waals surface area contributed by atoms with Crippen LogP contribution in [0, 0.1) is 0 Å². The molecule has 0 fully saturated rings. The summed E-state index contributed by atoms with van der Waals surface area (Å²) in [5.74, 6) is 0.0897. The Hall–Kier alpha value is -2.15. The van der Waals surface area contributed by atoms with Crippen molar-refractivity contribution >= 4 is 11.4 Å². The van der Waals surface area contributed by atoms with Gasteiger partial charge in [0.15, 0.2) is 5.78 Å². The summed E-state index contributed by atoms with van der Waals surface area (Å²) >= 11 is 0. The number of hydrogen-bond acceptors (Lipinski definition) is 1. The molecule has 132 valence electrons. The highest BCUT2D eigenvalue weighted by molar-refractivity contribution is 5.94. The van der Waals surface area contributed by atoms with Gasteiger partial charge >= 0.3 is 0 Å². The smallest absolute Gasteiger partial charge is 0.152 e. The molecule has 0 heterocycles. The van der Waals surface area contributed by atoms with E-state index in [4.69, 9.17) is 0 Å². The van der Waals surface area contributed by atoms with Crippen LogP contribution in [0.25, 0.3) is 16.7 Å². The van der Waals surface area contributed by atoms with Crippen LogP contribution in [0.4, 0.5) is 0 Å². The van der Waals surface area contributed by atoms with E-state index in [0.717, 1.165) is 11.1 Å². The van der Waals surface area contributed by atoms with Crippen LogP contribution in [0.1, 0.15) is 64.0 Å². The van der Waals surface area contributed by atoms with Crippen LogP contribution in [0.5, 0.6) is 0 Å². The van der Waals surface area contributed by atoms with Gasteiger partial charge in [-0.1, -0.05) is 81.1 Å². The second-order valence-corrected chi connectivity index (χ2v) is 6.88. The number of hydrogen-bond donors (Lipinski definition) is 0. The fourth-order valence-electron chi connectivity index (χ4n) is 3.11. The normalized spacial score (nSPS) is 11.6.